The Hall–Kier alpha value is -2.69. The molecule has 0 aliphatic heterocycles. The van der Waals surface area contributed by atoms with Gasteiger partial charge in [-0.15, -0.1) is 0 Å². The van der Waals surface area contributed by atoms with E-state index in [1.54, 1.807) is 0 Å². The molecule has 0 atom stereocenters. The van der Waals surface area contributed by atoms with Crippen LogP contribution in [0, 0.1) is 13.8 Å². The number of nitrogens with one attached hydrogen (secondary N) is 2. The summed E-state index contributed by atoms with van der Waals surface area (Å²) < 4.78 is 11.2. The van der Waals surface area contributed by atoms with E-state index in [1.807, 2.05) is 63.2 Å². The summed E-state index contributed by atoms with van der Waals surface area (Å²) in [6.45, 7) is 7.74. The van der Waals surface area contributed by atoms with Crippen LogP contribution in [0.1, 0.15) is 24.5 Å². The van der Waals surface area contributed by atoms with E-state index in [0.29, 0.717) is 19.8 Å². The fourth-order valence-corrected chi connectivity index (χ4v) is 2.45. The molecule has 0 bridgehead atoms. The van der Waals surface area contributed by atoms with Crippen molar-refractivity contribution in [3.63, 3.8) is 0 Å². The highest BCUT2D eigenvalue weighted by molar-refractivity contribution is 5.89. The number of amides is 2. The zero-order valence-electron chi connectivity index (χ0n) is 15.1. The van der Waals surface area contributed by atoms with Crippen molar-refractivity contribution in [1.82, 2.24) is 5.32 Å². The Balaban J connectivity index is 1.67. The van der Waals surface area contributed by atoms with Crippen LogP contribution in [0.15, 0.2) is 42.5 Å². The van der Waals surface area contributed by atoms with Gasteiger partial charge in [0.05, 0.1) is 13.2 Å². The molecule has 134 valence electrons. The monoisotopic (exact) mass is 342 g/mol. The van der Waals surface area contributed by atoms with Crippen LogP contribution >= 0.6 is 0 Å². The number of urea groups is 1. The third kappa shape index (κ3) is 6.03. The van der Waals surface area contributed by atoms with E-state index >= 15 is 0 Å². The van der Waals surface area contributed by atoms with Gasteiger partial charge in [-0.2, -0.15) is 0 Å². The SMILES string of the molecule is CCOc1ccc(NC(=O)NCCCOc2c(C)cccc2C)cc1. The molecule has 25 heavy (non-hydrogen) atoms. The van der Waals surface area contributed by atoms with Crippen molar-refractivity contribution in [1.29, 1.82) is 0 Å². The summed E-state index contributed by atoms with van der Waals surface area (Å²) in [4.78, 5) is 11.9. The molecule has 2 N–H and O–H groups in total. The predicted molar refractivity (Wildman–Crippen MR) is 101 cm³/mol. The van der Waals surface area contributed by atoms with Crippen LogP contribution in [-0.2, 0) is 0 Å². The van der Waals surface area contributed by atoms with Gasteiger partial charge in [0.25, 0.3) is 0 Å². The first-order valence-electron chi connectivity index (χ1n) is 8.57. The van der Waals surface area contributed by atoms with Gasteiger partial charge >= 0.3 is 6.03 Å². The van der Waals surface area contributed by atoms with Gasteiger partial charge in [0.1, 0.15) is 11.5 Å². The lowest BCUT2D eigenvalue weighted by atomic mass is 10.1. The Bertz CT molecular complexity index is 664. The maximum atomic E-state index is 11.9. The van der Waals surface area contributed by atoms with Gasteiger partial charge in [0, 0.05) is 12.2 Å². The third-order valence-corrected chi connectivity index (χ3v) is 3.69. The van der Waals surface area contributed by atoms with Gasteiger partial charge < -0.3 is 20.1 Å². The number of ether oxygens (including phenoxy) is 2. The minimum atomic E-state index is -0.226. The van der Waals surface area contributed by atoms with Gasteiger partial charge in [-0.1, -0.05) is 18.2 Å². The van der Waals surface area contributed by atoms with Gasteiger partial charge in [-0.3, -0.25) is 0 Å². The molecule has 0 radical (unpaired) electrons. The molecule has 0 aromatic heterocycles. The standard InChI is InChI=1S/C20H26N2O3/c1-4-24-18-11-9-17(10-12-18)22-20(23)21-13-6-14-25-19-15(2)7-5-8-16(19)3/h5,7-12H,4,6,13-14H2,1-3H3,(H2,21,22,23). The van der Waals surface area contributed by atoms with E-state index in [9.17, 15) is 4.79 Å². The number of hydrogen-bond donors (Lipinski definition) is 2. The number of hydrogen-bond acceptors (Lipinski definition) is 3. The van der Waals surface area contributed by atoms with Crippen LogP contribution in [0.25, 0.3) is 0 Å². The number of carbonyl (C=O) groups excluding carboxylic acids is 1. The molecule has 0 spiro atoms. The van der Waals surface area contributed by atoms with Gasteiger partial charge in [-0.25, -0.2) is 4.79 Å². The van der Waals surface area contributed by atoms with E-state index in [2.05, 4.69) is 10.6 Å². The average molecular weight is 342 g/mol. The second-order valence-corrected chi connectivity index (χ2v) is 5.76. The van der Waals surface area contributed by atoms with Crippen LogP contribution in [-0.4, -0.2) is 25.8 Å². The van der Waals surface area contributed by atoms with Crippen molar-refractivity contribution in [3.05, 3.63) is 53.6 Å². The van der Waals surface area contributed by atoms with Crippen molar-refractivity contribution in [2.24, 2.45) is 0 Å². The van der Waals surface area contributed by atoms with E-state index in [0.717, 1.165) is 34.7 Å². The van der Waals surface area contributed by atoms with Crippen LogP contribution in [0.4, 0.5) is 10.5 Å². The Labute approximate surface area is 149 Å². The molecular formula is C20H26N2O3. The molecule has 2 aromatic rings. The lowest BCUT2D eigenvalue weighted by molar-refractivity contribution is 0.250. The number of rotatable bonds is 8. The molecular weight excluding hydrogens is 316 g/mol. The molecule has 0 aliphatic rings. The Morgan fingerprint density at radius 3 is 2.32 bits per heavy atom. The second kappa shape index (κ2) is 9.57. The fraction of sp³-hybridized carbons (Fsp3) is 0.350. The van der Waals surface area contributed by atoms with Gasteiger partial charge in [0.2, 0.25) is 0 Å². The van der Waals surface area contributed by atoms with Crippen molar-refractivity contribution in [2.45, 2.75) is 27.2 Å². The van der Waals surface area contributed by atoms with E-state index in [1.165, 1.54) is 0 Å². The molecule has 2 amide bonds. The van der Waals surface area contributed by atoms with E-state index < -0.39 is 0 Å². The summed E-state index contributed by atoms with van der Waals surface area (Å²) in [5, 5.41) is 5.62. The summed E-state index contributed by atoms with van der Waals surface area (Å²) >= 11 is 0. The van der Waals surface area contributed by atoms with Crippen LogP contribution < -0.4 is 20.1 Å². The minimum Gasteiger partial charge on any atom is -0.494 e. The van der Waals surface area contributed by atoms with Crippen molar-refractivity contribution >= 4 is 11.7 Å². The van der Waals surface area contributed by atoms with Crippen molar-refractivity contribution in [3.8, 4) is 11.5 Å². The highest BCUT2D eigenvalue weighted by Crippen LogP contribution is 2.22. The maximum absolute atomic E-state index is 11.9. The first-order valence-corrected chi connectivity index (χ1v) is 8.57. The average Bonchev–Trinajstić information content (AvgIpc) is 2.59. The van der Waals surface area contributed by atoms with Gasteiger partial charge in [0.15, 0.2) is 0 Å². The first-order chi connectivity index (χ1) is 12.1. The molecule has 2 aromatic carbocycles. The summed E-state index contributed by atoms with van der Waals surface area (Å²) in [5.41, 5.74) is 2.98. The normalized spacial score (nSPS) is 10.2. The second-order valence-electron chi connectivity index (χ2n) is 5.76. The van der Waals surface area contributed by atoms with Crippen molar-refractivity contribution in [2.75, 3.05) is 25.1 Å². The summed E-state index contributed by atoms with van der Waals surface area (Å²) in [5.74, 6) is 1.72. The Morgan fingerprint density at radius 2 is 1.68 bits per heavy atom. The minimum absolute atomic E-state index is 0.226. The van der Waals surface area contributed by atoms with Crippen LogP contribution in [0.2, 0.25) is 0 Å². The summed E-state index contributed by atoms with van der Waals surface area (Å²) in [7, 11) is 0. The third-order valence-electron chi connectivity index (χ3n) is 3.69. The number of carbonyl (C=O) groups is 1. The molecule has 5 heteroatoms. The smallest absolute Gasteiger partial charge is 0.319 e. The first kappa shape index (κ1) is 18.6. The Morgan fingerprint density at radius 1 is 1.00 bits per heavy atom. The molecule has 0 saturated heterocycles. The lowest BCUT2D eigenvalue weighted by Gasteiger charge is -2.12. The zero-order chi connectivity index (χ0) is 18.1. The Kier molecular flexibility index (Phi) is 7.14. The summed E-state index contributed by atoms with van der Waals surface area (Å²) in [6.07, 6.45) is 0.741. The molecule has 0 aliphatic carbocycles. The number of anilines is 1. The summed E-state index contributed by atoms with van der Waals surface area (Å²) in [6, 6.07) is 13.1. The number of para-hydroxylation sites is 1. The topological polar surface area (TPSA) is 59.6 Å². The molecule has 0 saturated carbocycles. The van der Waals surface area contributed by atoms with Gasteiger partial charge in [-0.05, 0) is 62.6 Å². The lowest BCUT2D eigenvalue weighted by Crippen LogP contribution is -2.30. The molecule has 0 heterocycles. The maximum Gasteiger partial charge on any atom is 0.319 e. The molecule has 2 rings (SSSR count). The van der Waals surface area contributed by atoms with Crippen molar-refractivity contribution < 1.29 is 14.3 Å². The van der Waals surface area contributed by atoms with E-state index in [4.69, 9.17) is 9.47 Å². The highest BCUT2D eigenvalue weighted by atomic mass is 16.5. The zero-order valence-corrected chi connectivity index (χ0v) is 15.1. The van der Waals surface area contributed by atoms with Crippen LogP contribution in [0.5, 0.6) is 11.5 Å². The van der Waals surface area contributed by atoms with Crippen LogP contribution in [0.3, 0.4) is 0 Å². The molecule has 0 unspecified atom stereocenters. The largest absolute Gasteiger partial charge is 0.494 e. The molecule has 5 nitrogen and oxygen atoms in total. The number of benzene rings is 2. The van der Waals surface area contributed by atoms with E-state index in [-0.39, 0.29) is 6.03 Å². The quantitative estimate of drug-likeness (QED) is 0.704. The molecule has 0 fully saturated rings. The fourth-order valence-electron chi connectivity index (χ4n) is 2.45. The number of aryl methyl sites for hydroxylation is 2. The highest BCUT2D eigenvalue weighted by Gasteiger charge is 2.04. The predicted octanol–water partition coefficient (Wildman–Crippen LogP) is 4.29.